The molecule has 1 fully saturated rings. The molecule has 1 unspecified atom stereocenters. The van der Waals surface area contributed by atoms with Gasteiger partial charge in [0.25, 0.3) is 0 Å². The maximum absolute atomic E-state index is 13.2. The number of para-hydroxylation sites is 2. The summed E-state index contributed by atoms with van der Waals surface area (Å²) in [6.45, 7) is 0.403. The minimum atomic E-state index is -3.80. The van der Waals surface area contributed by atoms with Crippen molar-refractivity contribution < 1.29 is 17.6 Å². The normalized spacial score (nSPS) is 17.0. The van der Waals surface area contributed by atoms with Crippen LogP contribution < -0.4 is 5.32 Å². The quantitative estimate of drug-likeness (QED) is 0.444. The first kappa shape index (κ1) is 22.2. The average Bonchev–Trinajstić information content (AvgIpc) is 3.29. The largest absolute Gasteiger partial charge is 0.338 e. The number of anilines is 1. The lowest BCUT2D eigenvalue weighted by Crippen LogP contribution is -2.43. The van der Waals surface area contributed by atoms with Crippen LogP contribution in [0.3, 0.4) is 0 Å². The van der Waals surface area contributed by atoms with Crippen molar-refractivity contribution in [1.29, 1.82) is 0 Å². The molecule has 174 valence electrons. The van der Waals surface area contributed by atoms with E-state index in [0.717, 1.165) is 28.7 Å². The minimum Gasteiger partial charge on any atom is -0.338 e. The molecule has 1 aromatic heterocycles. The molecule has 3 aromatic carbocycles. The van der Waals surface area contributed by atoms with Crippen LogP contribution in [-0.4, -0.2) is 41.7 Å². The molecule has 1 aliphatic rings. The van der Waals surface area contributed by atoms with E-state index in [0.29, 0.717) is 30.9 Å². The lowest BCUT2D eigenvalue weighted by molar-refractivity contribution is -0.120. The number of nitrogens with one attached hydrogen (secondary N) is 2. The third kappa shape index (κ3) is 4.44. The Morgan fingerprint density at radius 2 is 1.85 bits per heavy atom. The molecular formula is C25H23FN4O3S. The number of rotatable bonds is 5. The Kier molecular flexibility index (Phi) is 5.89. The van der Waals surface area contributed by atoms with Gasteiger partial charge >= 0.3 is 0 Å². The molecule has 1 saturated heterocycles. The number of carbonyl (C=O) groups excluding carboxylic acids is 1. The van der Waals surface area contributed by atoms with Gasteiger partial charge in [-0.15, -0.1) is 0 Å². The van der Waals surface area contributed by atoms with Crippen molar-refractivity contribution in [2.24, 2.45) is 5.92 Å². The Labute approximate surface area is 196 Å². The van der Waals surface area contributed by atoms with Gasteiger partial charge in [-0.25, -0.2) is 17.8 Å². The zero-order chi connectivity index (χ0) is 23.7. The van der Waals surface area contributed by atoms with Crippen molar-refractivity contribution in [3.63, 3.8) is 0 Å². The SMILES string of the molecule is O=C(Nc1cccc(-c2nc3ccccc3[nH]2)c1)C1CCCN(S(=O)(=O)c2ccc(F)cc2)C1. The van der Waals surface area contributed by atoms with Gasteiger partial charge in [0.1, 0.15) is 11.6 Å². The molecule has 9 heteroatoms. The highest BCUT2D eigenvalue weighted by molar-refractivity contribution is 7.89. The summed E-state index contributed by atoms with van der Waals surface area (Å²) in [6.07, 6.45) is 1.15. The summed E-state index contributed by atoms with van der Waals surface area (Å²) < 4.78 is 40.4. The molecule has 0 spiro atoms. The standard InChI is InChI=1S/C25H23FN4O3S/c26-19-10-12-21(13-11-19)34(32,33)30-14-4-6-18(16-30)25(31)27-20-7-3-5-17(15-20)24-28-22-8-1-2-9-23(22)29-24/h1-3,5,7-13,15,18H,4,6,14,16H2,(H,27,31)(H,28,29). The van der Waals surface area contributed by atoms with Crippen LogP contribution in [0.1, 0.15) is 12.8 Å². The summed E-state index contributed by atoms with van der Waals surface area (Å²) in [5.74, 6) is -0.522. The topological polar surface area (TPSA) is 95.2 Å². The summed E-state index contributed by atoms with van der Waals surface area (Å²) in [5.41, 5.74) is 3.23. The maximum Gasteiger partial charge on any atom is 0.243 e. The van der Waals surface area contributed by atoms with E-state index in [2.05, 4.69) is 15.3 Å². The van der Waals surface area contributed by atoms with Gasteiger partial charge in [-0.05, 0) is 61.4 Å². The fourth-order valence-corrected chi connectivity index (χ4v) is 5.73. The molecule has 0 radical (unpaired) electrons. The van der Waals surface area contributed by atoms with E-state index in [-0.39, 0.29) is 17.3 Å². The van der Waals surface area contributed by atoms with Crippen molar-refractivity contribution in [3.8, 4) is 11.4 Å². The molecule has 4 aromatic rings. The third-order valence-electron chi connectivity index (χ3n) is 6.00. The Bertz CT molecular complexity index is 1420. The fourth-order valence-electron chi connectivity index (χ4n) is 4.21. The lowest BCUT2D eigenvalue weighted by atomic mass is 9.98. The smallest absolute Gasteiger partial charge is 0.243 e. The number of hydrogen-bond donors (Lipinski definition) is 2. The molecule has 1 amide bonds. The number of benzene rings is 3. The summed E-state index contributed by atoms with van der Waals surface area (Å²) >= 11 is 0. The first-order chi connectivity index (χ1) is 16.4. The van der Waals surface area contributed by atoms with Gasteiger partial charge < -0.3 is 10.3 Å². The van der Waals surface area contributed by atoms with Crippen LogP contribution >= 0.6 is 0 Å². The molecule has 1 aliphatic heterocycles. The monoisotopic (exact) mass is 478 g/mol. The second-order valence-corrected chi connectivity index (χ2v) is 10.3. The molecule has 0 aliphatic carbocycles. The predicted octanol–water partition coefficient (Wildman–Crippen LogP) is 4.41. The summed E-state index contributed by atoms with van der Waals surface area (Å²) in [5, 5.41) is 2.92. The van der Waals surface area contributed by atoms with Gasteiger partial charge in [-0.1, -0.05) is 24.3 Å². The number of hydrogen-bond acceptors (Lipinski definition) is 4. The molecular weight excluding hydrogens is 455 g/mol. The molecule has 0 saturated carbocycles. The van der Waals surface area contributed by atoms with Crippen molar-refractivity contribution >= 4 is 32.7 Å². The predicted molar refractivity (Wildman–Crippen MR) is 128 cm³/mol. The van der Waals surface area contributed by atoms with E-state index in [4.69, 9.17) is 0 Å². The second kappa shape index (κ2) is 9.00. The van der Waals surface area contributed by atoms with Gasteiger partial charge in [0.15, 0.2) is 0 Å². The second-order valence-electron chi connectivity index (χ2n) is 8.33. The number of fused-ring (bicyclic) bond motifs is 1. The molecule has 34 heavy (non-hydrogen) atoms. The average molecular weight is 479 g/mol. The number of H-pyrrole nitrogens is 1. The van der Waals surface area contributed by atoms with E-state index in [1.54, 1.807) is 6.07 Å². The van der Waals surface area contributed by atoms with Crippen LogP contribution in [0.2, 0.25) is 0 Å². The van der Waals surface area contributed by atoms with Gasteiger partial charge in [0.05, 0.1) is 21.8 Å². The van der Waals surface area contributed by atoms with Crippen molar-refractivity contribution in [3.05, 3.63) is 78.6 Å². The first-order valence-electron chi connectivity index (χ1n) is 11.0. The van der Waals surface area contributed by atoms with Crippen molar-refractivity contribution in [2.75, 3.05) is 18.4 Å². The Balaban J connectivity index is 1.30. The molecule has 7 nitrogen and oxygen atoms in total. The van der Waals surface area contributed by atoms with Crippen LogP contribution in [0, 0.1) is 11.7 Å². The van der Waals surface area contributed by atoms with Crippen molar-refractivity contribution in [1.82, 2.24) is 14.3 Å². The fraction of sp³-hybridized carbons (Fsp3) is 0.200. The van der Waals surface area contributed by atoms with Crippen LogP contribution in [0.4, 0.5) is 10.1 Å². The van der Waals surface area contributed by atoms with Gasteiger partial charge in [-0.2, -0.15) is 4.31 Å². The van der Waals surface area contributed by atoms with E-state index < -0.39 is 21.8 Å². The van der Waals surface area contributed by atoms with Crippen LogP contribution in [0.25, 0.3) is 22.4 Å². The number of piperidine rings is 1. The van der Waals surface area contributed by atoms with E-state index in [1.165, 1.54) is 16.4 Å². The number of halogens is 1. The number of sulfonamides is 1. The number of nitrogens with zero attached hydrogens (tertiary/aromatic N) is 2. The van der Waals surface area contributed by atoms with Gasteiger partial charge in [-0.3, -0.25) is 4.79 Å². The number of amides is 1. The zero-order valence-corrected chi connectivity index (χ0v) is 19.1. The molecule has 5 rings (SSSR count). The lowest BCUT2D eigenvalue weighted by Gasteiger charge is -2.31. The Hall–Kier alpha value is -3.56. The molecule has 0 bridgehead atoms. The Morgan fingerprint density at radius 3 is 2.65 bits per heavy atom. The molecule has 1 atom stereocenters. The minimum absolute atomic E-state index is 0.0218. The van der Waals surface area contributed by atoms with Gasteiger partial charge in [0.2, 0.25) is 15.9 Å². The number of aromatic amines is 1. The zero-order valence-electron chi connectivity index (χ0n) is 18.2. The highest BCUT2D eigenvalue weighted by Crippen LogP contribution is 2.27. The first-order valence-corrected chi connectivity index (χ1v) is 12.5. The highest BCUT2D eigenvalue weighted by atomic mass is 32.2. The molecule has 2 heterocycles. The maximum atomic E-state index is 13.2. The number of carbonyl (C=O) groups is 1. The van der Waals surface area contributed by atoms with Gasteiger partial charge in [0, 0.05) is 24.3 Å². The summed E-state index contributed by atoms with van der Waals surface area (Å²) in [7, 11) is -3.80. The van der Waals surface area contributed by atoms with E-state index in [1.807, 2.05) is 42.5 Å². The third-order valence-corrected chi connectivity index (χ3v) is 7.88. The highest BCUT2D eigenvalue weighted by Gasteiger charge is 2.33. The van der Waals surface area contributed by atoms with Crippen LogP contribution in [-0.2, 0) is 14.8 Å². The Morgan fingerprint density at radius 1 is 1.06 bits per heavy atom. The van der Waals surface area contributed by atoms with Crippen LogP contribution in [0.15, 0.2) is 77.7 Å². The summed E-state index contributed by atoms with van der Waals surface area (Å²) in [6, 6.07) is 19.8. The van der Waals surface area contributed by atoms with E-state index in [9.17, 15) is 17.6 Å². The van der Waals surface area contributed by atoms with Crippen molar-refractivity contribution in [2.45, 2.75) is 17.7 Å². The van der Waals surface area contributed by atoms with Crippen LogP contribution in [0.5, 0.6) is 0 Å². The number of imidazole rings is 1. The van der Waals surface area contributed by atoms with E-state index >= 15 is 0 Å². The number of aromatic nitrogens is 2. The summed E-state index contributed by atoms with van der Waals surface area (Å²) in [4.78, 5) is 20.9. The molecule has 2 N–H and O–H groups in total.